The van der Waals surface area contributed by atoms with Crippen LogP contribution in [-0.2, 0) is 10.0 Å². The minimum Gasteiger partial charge on any atom is -0.378 e. The van der Waals surface area contributed by atoms with Crippen molar-refractivity contribution in [1.29, 1.82) is 0 Å². The van der Waals surface area contributed by atoms with Gasteiger partial charge in [0, 0.05) is 11.6 Å². The maximum atomic E-state index is 11.8. The normalized spacial score (nSPS) is 23.7. The summed E-state index contributed by atoms with van der Waals surface area (Å²) in [6.45, 7) is 0. The number of rotatable bonds is 2. The Kier molecular flexibility index (Phi) is 3.64. The topological polar surface area (TPSA) is 72.2 Å². The van der Waals surface area contributed by atoms with Crippen molar-refractivity contribution in [2.45, 2.75) is 23.3 Å². The number of benzene rings is 3. The molecule has 0 spiro atoms. The highest BCUT2D eigenvalue weighted by Crippen LogP contribution is 2.51. The summed E-state index contributed by atoms with van der Waals surface area (Å²) in [6, 6.07) is 20.2. The Morgan fingerprint density at radius 2 is 1.78 bits per heavy atom. The fourth-order valence-electron chi connectivity index (χ4n) is 4.58. The number of hydrogen-bond donors (Lipinski definition) is 2. The van der Waals surface area contributed by atoms with Crippen LogP contribution in [0, 0.1) is 5.92 Å². The highest BCUT2D eigenvalue weighted by molar-refractivity contribution is 7.89. The second kappa shape index (κ2) is 5.94. The van der Waals surface area contributed by atoms with Crippen molar-refractivity contribution < 1.29 is 8.42 Å². The van der Waals surface area contributed by atoms with Gasteiger partial charge in [0.05, 0.1) is 10.9 Å². The van der Waals surface area contributed by atoms with Gasteiger partial charge in [-0.3, -0.25) is 0 Å². The second-order valence-electron chi connectivity index (χ2n) is 7.34. The van der Waals surface area contributed by atoms with Gasteiger partial charge in [-0.1, -0.05) is 54.6 Å². The van der Waals surface area contributed by atoms with E-state index in [1.54, 1.807) is 12.1 Å². The molecule has 0 fully saturated rings. The van der Waals surface area contributed by atoms with Crippen molar-refractivity contribution in [1.82, 2.24) is 0 Å². The standard InChI is InChI=1S/C22H20N2O2S/c23-27(25,26)15-11-12-21-20(13-15)17-8-4-10-19(17)22(24-21)18-9-3-6-14-5-1-2-7-16(14)18/h1-9,11-13,17,19,22,24H,10H2,(H2,23,25,26)/t17-,19-,22-/m0/s1. The van der Waals surface area contributed by atoms with Crippen molar-refractivity contribution >= 4 is 26.5 Å². The SMILES string of the molecule is NS(=O)(=O)c1ccc2c(c1)[C@H]1C=CC[C@@H]1[C@H](c1cccc3ccccc13)N2. The molecule has 2 aliphatic rings. The molecule has 1 aliphatic carbocycles. The van der Waals surface area contributed by atoms with E-state index in [0.717, 1.165) is 17.7 Å². The maximum Gasteiger partial charge on any atom is 0.238 e. The molecule has 0 saturated heterocycles. The molecule has 3 atom stereocenters. The zero-order valence-corrected chi connectivity index (χ0v) is 15.5. The van der Waals surface area contributed by atoms with Crippen LogP contribution in [0.4, 0.5) is 5.69 Å². The largest absolute Gasteiger partial charge is 0.378 e. The van der Waals surface area contributed by atoms with Gasteiger partial charge in [0.2, 0.25) is 10.0 Å². The third-order valence-electron chi connectivity index (χ3n) is 5.82. The third-order valence-corrected chi connectivity index (χ3v) is 6.73. The highest BCUT2D eigenvalue weighted by atomic mass is 32.2. The van der Waals surface area contributed by atoms with Gasteiger partial charge in [-0.25, -0.2) is 13.6 Å². The smallest absolute Gasteiger partial charge is 0.238 e. The van der Waals surface area contributed by atoms with E-state index in [0.29, 0.717) is 5.92 Å². The Morgan fingerprint density at radius 3 is 2.63 bits per heavy atom. The Bertz CT molecular complexity index is 1180. The average molecular weight is 376 g/mol. The Hall–Kier alpha value is -2.63. The molecule has 1 aliphatic heterocycles. The molecule has 5 heteroatoms. The first-order valence-corrected chi connectivity index (χ1v) is 10.6. The monoisotopic (exact) mass is 376 g/mol. The number of allylic oxidation sites excluding steroid dienone is 2. The minimum absolute atomic E-state index is 0.170. The number of nitrogens with one attached hydrogen (secondary N) is 1. The molecule has 27 heavy (non-hydrogen) atoms. The average Bonchev–Trinajstić information content (AvgIpc) is 3.16. The quantitative estimate of drug-likeness (QED) is 0.655. The van der Waals surface area contributed by atoms with E-state index in [1.807, 2.05) is 6.07 Å². The summed E-state index contributed by atoms with van der Waals surface area (Å²) in [7, 11) is -3.71. The summed E-state index contributed by atoms with van der Waals surface area (Å²) in [4.78, 5) is 0.172. The zero-order valence-electron chi connectivity index (χ0n) is 14.7. The van der Waals surface area contributed by atoms with Crippen molar-refractivity contribution in [3.8, 4) is 0 Å². The molecule has 3 aromatic carbocycles. The van der Waals surface area contributed by atoms with Crippen LogP contribution in [0.5, 0.6) is 0 Å². The summed E-state index contributed by atoms with van der Waals surface area (Å²) in [6.07, 6.45) is 5.37. The minimum atomic E-state index is -3.71. The molecule has 0 bridgehead atoms. The van der Waals surface area contributed by atoms with Gasteiger partial charge in [0.15, 0.2) is 0 Å². The van der Waals surface area contributed by atoms with Crippen LogP contribution in [0.3, 0.4) is 0 Å². The number of primary sulfonamides is 1. The van der Waals surface area contributed by atoms with E-state index in [-0.39, 0.29) is 16.9 Å². The summed E-state index contributed by atoms with van der Waals surface area (Å²) in [5, 5.41) is 11.5. The van der Waals surface area contributed by atoms with Gasteiger partial charge >= 0.3 is 0 Å². The molecule has 0 amide bonds. The first-order valence-electron chi connectivity index (χ1n) is 9.10. The van der Waals surface area contributed by atoms with Crippen molar-refractivity contribution in [2.75, 3.05) is 5.32 Å². The molecular formula is C22H20N2O2S. The van der Waals surface area contributed by atoms with Gasteiger partial charge < -0.3 is 5.32 Å². The maximum absolute atomic E-state index is 11.8. The van der Waals surface area contributed by atoms with E-state index >= 15 is 0 Å². The van der Waals surface area contributed by atoms with Crippen LogP contribution in [0.15, 0.2) is 77.7 Å². The summed E-state index contributed by atoms with van der Waals surface area (Å²) in [5.74, 6) is 0.533. The van der Waals surface area contributed by atoms with Gasteiger partial charge in [-0.05, 0) is 52.4 Å². The fourth-order valence-corrected chi connectivity index (χ4v) is 5.13. The molecular weight excluding hydrogens is 356 g/mol. The molecule has 4 nitrogen and oxygen atoms in total. The van der Waals surface area contributed by atoms with Gasteiger partial charge in [0.1, 0.15) is 0 Å². The predicted molar refractivity (Wildman–Crippen MR) is 108 cm³/mol. The van der Waals surface area contributed by atoms with Crippen molar-refractivity contribution in [3.63, 3.8) is 0 Å². The van der Waals surface area contributed by atoms with E-state index in [1.165, 1.54) is 16.3 Å². The van der Waals surface area contributed by atoms with E-state index < -0.39 is 10.0 Å². The summed E-state index contributed by atoms with van der Waals surface area (Å²) in [5.41, 5.74) is 3.28. The number of nitrogens with two attached hydrogens (primary N) is 1. The molecule has 0 unspecified atom stereocenters. The van der Waals surface area contributed by atoms with Crippen LogP contribution in [0.1, 0.15) is 29.5 Å². The first kappa shape index (κ1) is 16.5. The lowest BCUT2D eigenvalue weighted by Crippen LogP contribution is -2.29. The molecule has 136 valence electrons. The van der Waals surface area contributed by atoms with E-state index in [2.05, 4.69) is 59.9 Å². The fraction of sp³-hybridized carbons (Fsp3) is 0.182. The van der Waals surface area contributed by atoms with Crippen LogP contribution in [0.2, 0.25) is 0 Å². The van der Waals surface area contributed by atoms with Crippen LogP contribution in [0.25, 0.3) is 10.8 Å². The molecule has 1 heterocycles. The summed E-state index contributed by atoms with van der Waals surface area (Å²) >= 11 is 0. The molecule has 0 saturated carbocycles. The lowest BCUT2D eigenvalue weighted by Gasteiger charge is -2.38. The van der Waals surface area contributed by atoms with Gasteiger partial charge in [-0.2, -0.15) is 0 Å². The summed E-state index contributed by atoms with van der Waals surface area (Å²) < 4.78 is 23.6. The molecule has 0 aromatic heterocycles. The Balaban J connectivity index is 1.66. The molecule has 3 N–H and O–H groups in total. The molecule has 5 rings (SSSR count). The highest BCUT2D eigenvalue weighted by Gasteiger charge is 2.38. The van der Waals surface area contributed by atoms with Crippen LogP contribution < -0.4 is 10.5 Å². The number of anilines is 1. The molecule has 0 radical (unpaired) electrons. The first-order chi connectivity index (χ1) is 13.0. The molecule has 3 aromatic rings. The predicted octanol–water partition coefficient (Wildman–Crippen LogP) is 4.31. The van der Waals surface area contributed by atoms with Crippen LogP contribution in [-0.4, -0.2) is 8.42 Å². The van der Waals surface area contributed by atoms with E-state index in [4.69, 9.17) is 5.14 Å². The lowest BCUT2D eigenvalue weighted by atomic mass is 9.76. The number of fused-ring (bicyclic) bond motifs is 4. The van der Waals surface area contributed by atoms with Gasteiger partial charge in [-0.15, -0.1) is 0 Å². The van der Waals surface area contributed by atoms with Crippen molar-refractivity contribution in [3.05, 3.63) is 83.9 Å². The third kappa shape index (κ3) is 2.66. The Morgan fingerprint density at radius 1 is 0.963 bits per heavy atom. The number of sulfonamides is 1. The van der Waals surface area contributed by atoms with E-state index in [9.17, 15) is 8.42 Å². The number of hydrogen-bond acceptors (Lipinski definition) is 3. The second-order valence-corrected chi connectivity index (χ2v) is 8.90. The Labute approximate surface area is 158 Å². The van der Waals surface area contributed by atoms with Crippen LogP contribution >= 0.6 is 0 Å². The zero-order chi connectivity index (χ0) is 18.6. The lowest BCUT2D eigenvalue weighted by molar-refractivity contribution is 0.427. The van der Waals surface area contributed by atoms with Gasteiger partial charge in [0.25, 0.3) is 0 Å². The van der Waals surface area contributed by atoms with Crippen molar-refractivity contribution in [2.24, 2.45) is 11.1 Å².